The SMILES string of the molecule is CC1CN(c2nc3c(F)cccc3s2)CCN1C(=O)Cc1ccc(C2CC2)cc1. The van der Waals surface area contributed by atoms with E-state index in [2.05, 4.69) is 41.1 Å². The lowest BCUT2D eigenvalue weighted by Crippen LogP contribution is -2.54. The van der Waals surface area contributed by atoms with E-state index in [1.807, 2.05) is 11.0 Å². The Balaban J connectivity index is 1.24. The Morgan fingerprint density at radius 1 is 1.17 bits per heavy atom. The van der Waals surface area contributed by atoms with Crippen LogP contribution in [0.4, 0.5) is 9.52 Å². The lowest BCUT2D eigenvalue weighted by atomic mass is 10.0. The summed E-state index contributed by atoms with van der Waals surface area (Å²) in [6.07, 6.45) is 3.03. The van der Waals surface area contributed by atoms with Crippen molar-refractivity contribution in [1.82, 2.24) is 9.88 Å². The van der Waals surface area contributed by atoms with Gasteiger partial charge >= 0.3 is 0 Å². The van der Waals surface area contributed by atoms with Gasteiger partial charge in [-0.05, 0) is 48.9 Å². The molecule has 0 radical (unpaired) electrons. The summed E-state index contributed by atoms with van der Waals surface area (Å²) >= 11 is 1.51. The molecule has 1 aliphatic carbocycles. The molecule has 2 heterocycles. The van der Waals surface area contributed by atoms with Gasteiger partial charge < -0.3 is 9.80 Å². The monoisotopic (exact) mass is 409 g/mol. The Labute approximate surface area is 174 Å². The molecule has 1 saturated heterocycles. The third-order valence-corrected chi connectivity index (χ3v) is 7.04. The van der Waals surface area contributed by atoms with E-state index in [9.17, 15) is 9.18 Å². The van der Waals surface area contributed by atoms with Crippen LogP contribution in [0, 0.1) is 5.82 Å². The standard InChI is InChI=1S/C23H24FN3OS/c1-15-14-26(23-25-22-19(24)3-2-4-20(22)29-23)11-12-27(15)21(28)13-16-5-7-17(8-6-16)18-9-10-18/h2-8,15,18H,9-14H2,1H3. The highest BCUT2D eigenvalue weighted by molar-refractivity contribution is 7.22. The number of halogens is 1. The number of thiazole rings is 1. The zero-order valence-electron chi connectivity index (χ0n) is 16.5. The number of anilines is 1. The Morgan fingerprint density at radius 2 is 1.97 bits per heavy atom. The van der Waals surface area contributed by atoms with Gasteiger partial charge in [-0.25, -0.2) is 9.37 Å². The number of benzene rings is 2. The van der Waals surface area contributed by atoms with Gasteiger partial charge in [0.05, 0.1) is 11.1 Å². The van der Waals surface area contributed by atoms with Crippen LogP contribution in [-0.2, 0) is 11.2 Å². The van der Waals surface area contributed by atoms with Crippen LogP contribution in [0.3, 0.4) is 0 Å². The summed E-state index contributed by atoms with van der Waals surface area (Å²) in [5.41, 5.74) is 2.92. The van der Waals surface area contributed by atoms with Crippen molar-refractivity contribution < 1.29 is 9.18 Å². The summed E-state index contributed by atoms with van der Waals surface area (Å²) < 4.78 is 14.8. The molecule has 6 heteroatoms. The van der Waals surface area contributed by atoms with Crippen LogP contribution in [0.25, 0.3) is 10.2 Å². The normalized spacial score (nSPS) is 19.7. The number of hydrogen-bond acceptors (Lipinski definition) is 4. The van der Waals surface area contributed by atoms with Gasteiger partial charge in [0.15, 0.2) is 5.13 Å². The van der Waals surface area contributed by atoms with Crippen LogP contribution in [0.15, 0.2) is 42.5 Å². The molecule has 5 rings (SSSR count). The van der Waals surface area contributed by atoms with Gasteiger partial charge in [-0.1, -0.05) is 41.7 Å². The smallest absolute Gasteiger partial charge is 0.227 e. The van der Waals surface area contributed by atoms with Crippen molar-refractivity contribution in [2.45, 2.75) is 38.1 Å². The molecular weight excluding hydrogens is 385 g/mol. The number of hydrogen-bond donors (Lipinski definition) is 0. The van der Waals surface area contributed by atoms with Crippen LogP contribution in [-0.4, -0.2) is 41.5 Å². The fourth-order valence-electron chi connectivity index (χ4n) is 4.14. The highest BCUT2D eigenvalue weighted by atomic mass is 32.1. The number of piperazine rings is 1. The summed E-state index contributed by atoms with van der Waals surface area (Å²) in [7, 11) is 0. The molecule has 2 fully saturated rings. The predicted octanol–water partition coefficient (Wildman–Crippen LogP) is 4.59. The number of nitrogens with zero attached hydrogens (tertiary/aromatic N) is 3. The molecule has 3 aromatic rings. The second-order valence-electron chi connectivity index (χ2n) is 8.16. The van der Waals surface area contributed by atoms with Crippen molar-refractivity contribution >= 4 is 32.6 Å². The molecule has 0 N–H and O–H groups in total. The van der Waals surface area contributed by atoms with Crippen LogP contribution in [0.1, 0.15) is 36.8 Å². The molecule has 150 valence electrons. The van der Waals surface area contributed by atoms with E-state index in [0.717, 1.165) is 27.9 Å². The zero-order chi connectivity index (χ0) is 20.0. The Bertz CT molecular complexity index is 1040. The Morgan fingerprint density at radius 3 is 2.66 bits per heavy atom. The minimum atomic E-state index is -0.278. The van der Waals surface area contributed by atoms with E-state index in [0.29, 0.717) is 25.0 Å². The molecule has 4 nitrogen and oxygen atoms in total. The van der Waals surface area contributed by atoms with E-state index >= 15 is 0 Å². The van der Waals surface area contributed by atoms with Crippen LogP contribution in [0.5, 0.6) is 0 Å². The van der Waals surface area contributed by atoms with Gasteiger partial charge in [0.25, 0.3) is 0 Å². The third-order valence-electron chi connectivity index (χ3n) is 5.96. The number of amides is 1. The molecule has 1 amide bonds. The van der Waals surface area contributed by atoms with Crippen LogP contribution in [0.2, 0.25) is 0 Å². The number of aromatic nitrogens is 1. The first-order valence-electron chi connectivity index (χ1n) is 10.3. The molecule has 1 unspecified atom stereocenters. The van der Waals surface area contributed by atoms with Crippen molar-refractivity contribution in [3.05, 3.63) is 59.4 Å². The fourth-order valence-corrected chi connectivity index (χ4v) is 5.16. The van der Waals surface area contributed by atoms with Crippen molar-refractivity contribution in [2.75, 3.05) is 24.5 Å². The number of fused-ring (bicyclic) bond motifs is 1. The zero-order valence-corrected chi connectivity index (χ0v) is 17.3. The summed E-state index contributed by atoms with van der Waals surface area (Å²) in [5, 5.41) is 0.833. The maximum absolute atomic E-state index is 14.0. The van der Waals surface area contributed by atoms with E-state index in [-0.39, 0.29) is 17.8 Å². The predicted molar refractivity (Wildman–Crippen MR) is 115 cm³/mol. The first-order valence-corrected chi connectivity index (χ1v) is 11.1. The van der Waals surface area contributed by atoms with E-state index in [1.54, 1.807) is 6.07 Å². The number of carbonyl (C=O) groups excluding carboxylic acids is 1. The maximum atomic E-state index is 14.0. The summed E-state index contributed by atoms with van der Waals surface area (Å²) in [6, 6.07) is 13.7. The minimum absolute atomic E-state index is 0.0962. The largest absolute Gasteiger partial charge is 0.344 e. The molecule has 2 aliphatic rings. The first kappa shape index (κ1) is 18.6. The van der Waals surface area contributed by atoms with E-state index < -0.39 is 0 Å². The molecule has 1 saturated carbocycles. The number of carbonyl (C=O) groups is 1. The first-order chi connectivity index (χ1) is 14.1. The summed E-state index contributed by atoms with van der Waals surface area (Å²) in [5.74, 6) is 0.634. The van der Waals surface area contributed by atoms with Gasteiger partial charge in [0.2, 0.25) is 5.91 Å². The van der Waals surface area contributed by atoms with Gasteiger partial charge in [-0.15, -0.1) is 0 Å². The van der Waals surface area contributed by atoms with Crippen molar-refractivity contribution in [1.29, 1.82) is 0 Å². The van der Waals surface area contributed by atoms with E-state index in [1.165, 1.54) is 35.8 Å². The van der Waals surface area contributed by atoms with Gasteiger partial charge in [-0.3, -0.25) is 4.79 Å². The average Bonchev–Trinajstić information content (AvgIpc) is 3.47. The third kappa shape index (κ3) is 3.73. The lowest BCUT2D eigenvalue weighted by molar-refractivity contribution is -0.132. The van der Waals surface area contributed by atoms with Gasteiger partial charge in [0.1, 0.15) is 11.3 Å². The minimum Gasteiger partial charge on any atom is -0.344 e. The highest BCUT2D eigenvalue weighted by Crippen LogP contribution is 2.40. The summed E-state index contributed by atoms with van der Waals surface area (Å²) in [6.45, 7) is 4.18. The fraction of sp³-hybridized carbons (Fsp3) is 0.391. The maximum Gasteiger partial charge on any atom is 0.227 e. The number of rotatable bonds is 4. The Hall–Kier alpha value is -2.47. The molecule has 1 atom stereocenters. The van der Waals surface area contributed by atoms with Crippen LogP contribution >= 0.6 is 11.3 Å². The summed E-state index contributed by atoms with van der Waals surface area (Å²) in [4.78, 5) is 21.5. The molecule has 2 aromatic carbocycles. The van der Waals surface area contributed by atoms with Crippen molar-refractivity contribution in [3.63, 3.8) is 0 Å². The topological polar surface area (TPSA) is 36.4 Å². The highest BCUT2D eigenvalue weighted by Gasteiger charge is 2.29. The van der Waals surface area contributed by atoms with Crippen molar-refractivity contribution in [3.8, 4) is 0 Å². The van der Waals surface area contributed by atoms with Gasteiger partial charge in [-0.2, -0.15) is 0 Å². The average molecular weight is 410 g/mol. The molecule has 0 spiro atoms. The Kier molecular flexibility index (Phi) is 4.74. The molecule has 1 aromatic heterocycles. The molecule has 1 aliphatic heterocycles. The van der Waals surface area contributed by atoms with Crippen LogP contribution < -0.4 is 4.90 Å². The quantitative estimate of drug-likeness (QED) is 0.632. The van der Waals surface area contributed by atoms with Crippen molar-refractivity contribution in [2.24, 2.45) is 0 Å². The second kappa shape index (κ2) is 7.41. The second-order valence-corrected chi connectivity index (χ2v) is 9.17. The van der Waals surface area contributed by atoms with Gasteiger partial charge in [0, 0.05) is 25.7 Å². The molecule has 0 bridgehead atoms. The number of para-hydroxylation sites is 1. The molecular formula is C23H24FN3OS. The van der Waals surface area contributed by atoms with E-state index in [4.69, 9.17) is 0 Å². The lowest BCUT2D eigenvalue weighted by Gasteiger charge is -2.39. The molecule has 29 heavy (non-hydrogen) atoms.